The molecule has 1 aliphatic heterocycles. The zero-order valence-electron chi connectivity index (χ0n) is 48.0. The first kappa shape index (κ1) is 71.8. The smallest absolute Gasteiger partial charge is 0.243 e. The topological polar surface area (TPSA) is 422 Å². The molecular weight excluding hydrogens is 1010 g/mol. The number of hydrogen-bond acceptors (Lipinski definition) is 14. The maximum Gasteiger partial charge on any atom is 0.243 e. The molecule has 0 bridgehead atoms. The highest BCUT2D eigenvalue weighted by atomic mass is 16.3. The van der Waals surface area contributed by atoms with Crippen LogP contribution in [-0.2, 0) is 38.4 Å². The lowest BCUT2D eigenvalue weighted by atomic mass is 10.0. The van der Waals surface area contributed by atoms with Gasteiger partial charge in [0.2, 0.25) is 47.3 Å². The molecule has 1 fully saturated rings. The molecule has 0 saturated carbocycles. The van der Waals surface area contributed by atoms with Gasteiger partial charge in [0.1, 0.15) is 36.3 Å². The lowest BCUT2D eigenvalue weighted by Gasteiger charge is -2.28. The molecule has 0 aromatic carbocycles. The zero-order chi connectivity index (χ0) is 58.5. The van der Waals surface area contributed by atoms with Crippen molar-refractivity contribution >= 4 is 53.2 Å². The molecule has 7 unspecified atom stereocenters. The third kappa shape index (κ3) is 35.9. The van der Waals surface area contributed by atoms with Crippen molar-refractivity contribution in [3.05, 3.63) is 0 Å². The van der Waals surface area contributed by atoms with E-state index >= 15 is 0 Å². The third-order valence-electron chi connectivity index (χ3n) is 14.0. The predicted molar refractivity (Wildman–Crippen MR) is 309 cm³/mol. The number of unbranched alkanes of at least 4 members (excludes halogenated alkanes) is 15. The number of guanidine groups is 1. The van der Waals surface area contributed by atoms with Gasteiger partial charge in [0.25, 0.3) is 0 Å². The third-order valence-corrected chi connectivity index (χ3v) is 14.0. The van der Waals surface area contributed by atoms with Crippen molar-refractivity contribution in [2.24, 2.45) is 39.4 Å². The van der Waals surface area contributed by atoms with Gasteiger partial charge in [-0.1, -0.05) is 84.0 Å². The Balaban J connectivity index is 3.36. The van der Waals surface area contributed by atoms with Gasteiger partial charge in [0.05, 0.1) is 19.1 Å². The van der Waals surface area contributed by atoms with E-state index in [-0.39, 0.29) is 76.8 Å². The number of aliphatic hydroxyl groups is 1. The summed E-state index contributed by atoms with van der Waals surface area (Å²) in [5.74, 6) is -5.21. The molecule has 24 heteroatoms. The Morgan fingerprint density at radius 1 is 0.557 bits per heavy atom. The van der Waals surface area contributed by atoms with E-state index in [9.17, 15) is 43.5 Å². The Bertz CT molecular complexity index is 1760. The largest absolute Gasteiger partial charge is 0.393 e. The maximum absolute atomic E-state index is 14.4. The highest BCUT2D eigenvalue weighted by molar-refractivity contribution is 5.97. The van der Waals surface area contributed by atoms with Crippen LogP contribution in [0.15, 0.2) is 4.99 Å². The summed E-state index contributed by atoms with van der Waals surface area (Å²) in [7, 11) is 0. The monoisotopic (exact) mass is 1120 g/mol. The van der Waals surface area contributed by atoms with Gasteiger partial charge in [-0.15, -0.1) is 0 Å². The average Bonchev–Trinajstić information content (AvgIpc) is 3.41. The Hall–Kier alpha value is -5.17. The molecular formula is C55H107N15O9. The van der Waals surface area contributed by atoms with E-state index in [0.29, 0.717) is 90.4 Å². The minimum absolute atomic E-state index is 0.0228. The van der Waals surface area contributed by atoms with E-state index in [0.717, 1.165) is 25.7 Å². The normalized spacial score (nSPS) is 19.7. The molecule has 0 aromatic heterocycles. The number of carbonyl (C=O) groups excluding carboxylic acids is 8. The van der Waals surface area contributed by atoms with Crippen molar-refractivity contribution in [3.8, 4) is 0 Å². The molecule has 0 aliphatic carbocycles. The molecule has 1 aliphatic rings. The Labute approximate surface area is 471 Å². The zero-order valence-corrected chi connectivity index (χ0v) is 48.0. The minimum atomic E-state index is -1.26. The number of aliphatic imine (C=N–C) groups is 1. The second kappa shape index (κ2) is 46.6. The fraction of sp³-hybridized carbons (Fsp3) is 0.836. The highest BCUT2D eigenvalue weighted by Gasteiger charge is 2.33. The minimum Gasteiger partial charge on any atom is -0.393 e. The van der Waals surface area contributed by atoms with Crippen LogP contribution >= 0.6 is 0 Å². The first-order valence-corrected chi connectivity index (χ1v) is 30.0. The molecule has 1 saturated heterocycles. The molecule has 24 nitrogen and oxygen atoms in total. The van der Waals surface area contributed by atoms with E-state index in [1.807, 2.05) is 0 Å². The fourth-order valence-electron chi connectivity index (χ4n) is 9.29. The number of nitrogens with zero attached hydrogens (tertiary/aromatic N) is 1. The van der Waals surface area contributed by atoms with E-state index in [4.69, 9.17) is 34.4 Å². The van der Waals surface area contributed by atoms with Crippen LogP contribution in [0.25, 0.3) is 0 Å². The van der Waals surface area contributed by atoms with Crippen LogP contribution in [0.1, 0.15) is 206 Å². The number of hydrogen-bond donors (Lipinski definition) is 15. The SMILES string of the molecule is CCCCCCCCCCCCCCC(O)CC(=O)NCC(=O)NC(CCCN=C(N)N)C(=O)NC1CCCCNC(=O)C(CCCCN)NC(=O)C(CCCCN)NC(=O)C(CCCCN)NC(=O)C(CCCCN)NC1=O. The quantitative estimate of drug-likeness (QED) is 0.0228. The number of aliphatic hydroxyl groups excluding tert-OH is 1. The standard InChI is InChI=1S/C55H107N15O9/c1-2-3-4-5-6-7-8-9-10-11-12-13-25-40(71)38-47(72)64-39-48(73)65-42(31-24-37-63-55(60)61)50(75)67-46-30-18-23-36-62-49(74)41(26-14-19-32-56)66-51(76)43(27-15-20-33-57)68-52(77)44(28-16-21-34-58)69-53(78)45(70-54(46)79)29-17-22-35-59/h40-46,71H,2-39,56-59H2,1H3,(H,62,74)(H,64,72)(H,65,73)(H,66,76)(H,67,75)(H,68,77)(H,69,78)(H,70,79)(H4,60,61,63). The summed E-state index contributed by atoms with van der Waals surface area (Å²) in [5, 5.41) is 32.7. The summed E-state index contributed by atoms with van der Waals surface area (Å²) in [6.07, 6.45) is 19.3. The number of carbonyl (C=O) groups is 8. The molecule has 1 rings (SSSR count). The second-order valence-electron chi connectivity index (χ2n) is 21.1. The van der Waals surface area contributed by atoms with Gasteiger partial charge in [-0.25, -0.2) is 0 Å². The Morgan fingerprint density at radius 3 is 1.46 bits per heavy atom. The number of nitrogens with two attached hydrogens (primary N) is 6. The first-order chi connectivity index (χ1) is 38.1. The summed E-state index contributed by atoms with van der Waals surface area (Å²) in [5.41, 5.74) is 34.2. The van der Waals surface area contributed by atoms with Crippen molar-refractivity contribution in [2.75, 3.05) is 45.8 Å². The summed E-state index contributed by atoms with van der Waals surface area (Å²) >= 11 is 0. The number of nitrogens with one attached hydrogen (secondary N) is 8. The van der Waals surface area contributed by atoms with Crippen LogP contribution in [0.2, 0.25) is 0 Å². The van der Waals surface area contributed by atoms with Crippen molar-refractivity contribution < 1.29 is 43.5 Å². The maximum atomic E-state index is 14.4. The molecule has 7 atom stereocenters. The summed E-state index contributed by atoms with van der Waals surface area (Å²) in [6.45, 7) is 3.36. The molecule has 456 valence electrons. The molecule has 0 spiro atoms. The molecule has 79 heavy (non-hydrogen) atoms. The molecule has 0 radical (unpaired) electrons. The van der Waals surface area contributed by atoms with Crippen LogP contribution in [0, 0.1) is 0 Å². The average molecular weight is 1120 g/mol. The van der Waals surface area contributed by atoms with Crippen molar-refractivity contribution in [2.45, 2.75) is 248 Å². The van der Waals surface area contributed by atoms with Crippen LogP contribution in [0.5, 0.6) is 0 Å². The van der Waals surface area contributed by atoms with Gasteiger partial charge in [-0.3, -0.25) is 43.3 Å². The van der Waals surface area contributed by atoms with Gasteiger partial charge >= 0.3 is 0 Å². The lowest BCUT2D eigenvalue weighted by molar-refractivity contribution is -0.135. The fourth-order valence-corrected chi connectivity index (χ4v) is 9.29. The summed E-state index contributed by atoms with van der Waals surface area (Å²) < 4.78 is 0. The highest BCUT2D eigenvalue weighted by Crippen LogP contribution is 2.15. The van der Waals surface area contributed by atoms with Crippen LogP contribution in [0.4, 0.5) is 0 Å². The van der Waals surface area contributed by atoms with Crippen LogP contribution in [0.3, 0.4) is 0 Å². The predicted octanol–water partition coefficient (Wildman–Crippen LogP) is 0.723. The molecule has 0 aromatic rings. The first-order valence-electron chi connectivity index (χ1n) is 30.0. The van der Waals surface area contributed by atoms with Crippen molar-refractivity contribution in [1.82, 2.24) is 42.5 Å². The van der Waals surface area contributed by atoms with E-state index in [1.54, 1.807) is 0 Å². The van der Waals surface area contributed by atoms with Gasteiger partial charge in [0, 0.05) is 13.1 Å². The summed E-state index contributed by atoms with van der Waals surface area (Å²) in [4.78, 5) is 115. The lowest BCUT2D eigenvalue weighted by Crippen LogP contribution is -2.59. The number of amides is 8. The van der Waals surface area contributed by atoms with E-state index in [2.05, 4.69) is 54.5 Å². The van der Waals surface area contributed by atoms with Crippen molar-refractivity contribution in [3.63, 3.8) is 0 Å². The van der Waals surface area contributed by atoms with Crippen LogP contribution < -0.4 is 76.9 Å². The summed E-state index contributed by atoms with van der Waals surface area (Å²) in [6, 6.07) is -6.87. The van der Waals surface area contributed by atoms with Crippen LogP contribution in [-0.4, -0.2) is 146 Å². The van der Waals surface area contributed by atoms with Gasteiger partial charge in [0.15, 0.2) is 5.96 Å². The van der Waals surface area contributed by atoms with E-state index < -0.39 is 96.2 Å². The molecule has 21 N–H and O–H groups in total. The number of rotatable bonds is 40. The van der Waals surface area contributed by atoms with Gasteiger partial charge in [-0.05, 0) is 142 Å². The Kier molecular flexibility index (Phi) is 42.3. The second-order valence-corrected chi connectivity index (χ2v) is 21.1. The van der Waals surface area contributed by atoms with Crippen molar-refractivity contribution in [1.29, 1.82) is 0 Å². The molecule has 8 amide bonds. The van der Waals surface area contributed by atoms with Gasteiger partial charge < -0.3 is 82.0 Å². The van der Waals surface area contributed by atoms with E-state index in [1.165, 1.54) is 51.4 Å². The molecule has 1 heterocycles. The Morgan fingerprint density at radius 2 is 1.00 bits per heavy atom. The van der Waals surface area contributed by atoms with Gasteiger partial charge in [-0.2, -0.15) is 0 Å².